The van der Waals surface area contributed by atoms with E-state index >= 15 is 0 Å². The van der Waals surface area contributed by atoms with E-state index in [1.54, 1.807) is 0 Å². The zero-order valence-electron chi connectivity index (χ0n) is 13.5. The summed E-state index contributed by atoms with van der Waals surface area (Å²) in [4.78, 5) is 21.1. The molecule has 0 aromatic carbocycles. The number of likely N-dealkylation sites (tertiary alicyclic amines) is 2. The second-order valence-corrected chi connectivity index (χ2v) is 6.29. The fourth-order valence-electron chi connectivity index (χ4n) is 3.47. The average molecular weight is 306 g/mol. The molecule has 0 aliphatic carbocycles. The summed E-state index contributed by atoms with van der Waals surface area (Å²) in [7, 11) is 0. The minimum atomic E-state index is 0.221. The van der Waals surface area contributed by atoms with Gasteiger partial charge in [-0.25, -0.2) is 0 Å². The Morgan fingerprint density at radius 1 is 1.23 bits per heavy atom. The molecule has 6 heteroatoms. The predicted molar refractivity (Wildman–Crippen MR) is 82.3 cm³/mol. The molecule has 0 bridgehead atoms. The van der Waals surface area contributed by atoms with E-state index < -0.39 is 0 Å². The van der Waals surface area contributed by atoms with Crippen LogP contribution in [0.15, 0.2) is 4.52 Å². The maximum Gasteiger partial charge on any atom is 0.226 e. The van der Waals surface area contributed by atoms with Gasteiger partial charge < -0.3 is 9.42 Å². The first-order chi connectivity index (χ1) is 10.8. The van der Waals surface area contributed by atoms with E-state index in [-0.39, 0.29) is 6.04 Å². The van der Waals surface area contributed by atoms with Crippen molar-refractivity contribution in [1.82, 2.24) is 19.9 Å². The van der Waals surface area contributed by atoms with Crippen molar-refractivity contribution in [2.24, 2.45) is 0 Å². The molecular weight excluding hydrogens is 280 g/mol. The molecule has 1 amide bonds. The summed E-state index contributed by atoms with van der Waals surface area (Å²) in [5.74, 6) is 1.79. The molecule has 2 fully saturated rings. The van der Waals surface area contributed by atoms with Crippen LogP contribution in [0.1, 0.15) is 63.2 Å². The number of aromatic nitrogens is 2. The number of hydrogen-bond acceptors (Lipinski definition) is 5. The Bertz CT molecular complexity index is 496. The number of hydrogen-bond donors (Lipinski definition) is 0. The largest absolute Gasteiger partial charge is 0.343 e. The Morgan fingerprint density at radius 2 is 2.05 bits per heavy atom. The summed E-state index contributed by atoms with van der Waals surface area (Å²) >= 11 is 0. The lowest BCUT2D eigenvalue weighted by Gasteiger charge is -2.28. The summed E-state index contributed by atoms with van der Waals surface area (Å²) in [6, 6.07) is 0.221. The van der Waals surface area contributed by atoms with Gasteiger partial charge in [-0.05, 0) is 38.6 Å². The lowest BCUT2D eigenvalue weighted by molar-refractivity contribution is -0.132. The number of rotatable bonds is 5. The molecular formula is C16H26N4O2. The van der Waals surface area contributed by atoms with Gasteiger partial charge in [-0.1, -0.05) is 12.1 Å². The third-order valence-corrected chi connectivity index (χ3v) is 4.77. The van der Waals surface area contributed by atoms with Gasteiger partial charge in [-0.2, -0.15) is 4.98 Å². The van der Waals surface area contributed by atoms with Crippen LogP contribution in [0.4, 0.5) is 0 Å². The molecule has 2 saturated heterocycles. The molecule has 0 saturated carbocycles. The zero-order valence-corrected chi connectivity index (χ0v) is 13.5. The summed E-state index contributed by atoms with van der Waals surface area (Å²) in [5, 5.41) is 4.11. The van der Waals surface area contributed by atoms with E-state index in [1.165, 1.54) is 6.42 Å². The molecule has 1 unspecified atom stereocenters. The van der Waals surface area contributed by atoms with Crippen molar-refractivity contribution in [2.45, 2.75) is 57.9 Å². The monoisotopic (exact) mass is 306 g/mol. The standard InChI is InChI=1S/C16H26N4O2/c1-2-14-17-16(18-22-14)13-7-6-11-19(13)12-8-15(21)20-9-4-3-5-10-20/h13H,2-12H2,1H3. The van der Waals surface area contributed by atoms with Crippen LogP contribution in [0.25, 0.3) is 0 Å². The number of nitrogens with zero attached hydrogens (tertiary/aromatic N) is 4. The maximum absolute atomic E-state index is 12.3. The maximum atomic E-state index is 12.3. The average Bonchev–Trinajstić information content (AvgIpc) is 3.21. The molecule has 1 aromatic rings. The fourth-order valence-corrected chi connectivity index (χ4v) is 3.47. The van der Waals surface area contributed by atoms with Gasteiger partial charge in [0.2, 0.25) is 11.8 Å². The van der Waals surface area contributed by atoms with Crippen molar-refractivity contribution in [1.29, 1.82) is 0 Å². The molecule has 3 heterocycles. The Morgan fingerprint density at radius 3 is 2.77 bits per heavy atom. The molecule has 2 aliphatic rings. The van der Waals surface area contributed by atoms with E-state index in [2.05, 4.69) is 15.0 Å². The van der Waals surface area contributed by atoms with Crippen molar-refractivity contribution >= 4 is 5.91 Å². The van der Waals surface area contributed by atoms with Gasteiger partial charge in [0.25, 0.3) is 0 Å². The van der Waals surface area contributed by atoms with Crippen LogP contribution >= 0.6 is 0 Å². The van der Waals surface area contributed by atoms with E-state index in [9.17, 15) is 4.79 Å². The second kappa shape index (κ2) is 7.22. The van der Waals surface area contributed by atoms with Gasteiger partial charge in [0.1, 0.15) is 0 Å². The number of piperidine rings is 1. The Hall–Kier alpha value is -1.43. The summed E-state index contributed by atoms with van der Waals surface area (Å²) in [6.45, 7) is 5.71. The van der Waals surface area contributed by atoms with Gasteiger partial charge >= 0.3 is 0 Å². The summed E-state index contributed by atoms with van der Waals surface area (Å²) in [6.07, 6.45) is 7.14. The van der Waals surface area contributed by atoms with Gasteiger partial charge in [0.05, 0.1) is 6.04 Å². The van der Waals surface area contributed by atoms with Crippen LogP contribution in [-0.2, 0) is 11.2 Å². The number of carbonyl (C=O) groups excluding carboxylic acids is 1. The molecule has 3 rings (SSSR count). The van der Waals surface area contributed by atoms with Gasteiger partial charge in [-0.15, -0.1) is 0 Å². The topological polar surface area (TPSA) is 62.5 Å². The fraction of sp³-hybridized carbons (Fsp3) is 0.812. The van der Waals surface area contributed by atoms with Crippen LogP contribution in [0.5, 0.6) is 0 Å². The molecule has 1 atom stereocenters. The van der Waals surface area contributed by atoms with Crippen LogP contribution < -0.4 is 0 Å². The van der Waals surface area contributed by atoms with E-state index in [4.69, 9.17) is 4.52 Å². The van der Waals surface area contributed by atoms with E-state index in [1.807, 2.05) is 11.8 Å². The van der Waals surface area contributed by atoms with Crippen molar-refractivity contribution in [2.75, 3.05) is 26.2 Å². The SMILES string of the molecule is CCc1nc(C2CCCN2CCC(=O)N2CCCCC2)no1. The minimum Gasteiger partial charge on any atom is -0.343 e. The van der Waals surface area contributed by atoms with E-state index in [0.717, 1.165) is 64.1 Å². The van der Waals surface area contributed by atoms with Gasteiger partial charge in [0, 0.05) is 32.5 Å². The first-order valence-electron chi connectivity index (χ1n) is 8.62. The molecule has 22 heavy (non-hydrogen) atoms. The molecule has 0 radical (unpaired) electrons. The first kappa shape index (κ1) is 15.5. The smallest absolute Gasteiger partial charge is 0.226 e. The van der Waals surface area contributed by atoms with Gasteiger partial charge in [-0.3, -0.25) is 9.69 Å². The van der Waals surface area contributed by atoms with Crippen LogP contribution in [0, 0.1) is 0 Å². The van der Waals surface area contributed by atoms with Crippen LogP contribution in [0.2, 0.25) is 0 Å². The highest BCUT2D eigenvalue weighted by Crippen LogP contribution is 2.30. The molecule has 122 valence electrons. The highest BCUT2D eigenvalue weighted by molar-refractivity contribution is 5.76. The Balaban J connectivity index is 1.53. The number of carbonyl (C=O) groups is 1. The molecule has 6 nitrogen and oxygen atoms in total. The van der Waals surface area contributed by atoms with Crippen molar-refractivity contribution in [3.63, 3.8) is 0 Å². The highest BCUT2D eigenvalue weighted by atomic mass is 16.5. The lowest BCUT2D eigenvalue weighted by Crippen LogP contribution is -2.37. The van der Waals surface area contributed by atoms with Crippen molar-refractivity contribution in [3.05, 3.63) is 11.7 Å². The molecule has 0 spiro atoms. The molecule has 2 aliphatic heterocycles. The lowest BCUT2D eigenvalue weighted by atomic mass is 10.1. The Labute approximate surface area is 131 Å². The van der Waals surface area contributed by atoms with Crippen molar-refractivity contribution in [3.8, 4) is 0 Å². The van der Waals surface area contributed by atoms with Crippen molar-refractivity contribution < 1.29 is 9.32 Å². The number of aryl methyl sites for hydroxylation is 1. The first-order valence-corrected chi connectivity index (χ1v) is 8.62. The second-order valence-electron chi connectivity index (χ2n) is 6.29. The molecule has 0 N–H and O–H groups in total. The third kappa shape index (κ3) is 3.48. The normalized spacial score (nSPS) is 23.1. The zero-order chi connectivity index (χ0) is 15.4. The summed E-state index contributed by atoms with van der Waals surface area (Å²) in [5.41, 5.74) is 0. The predicted octanol–water partition coefficient (Wildman–Crippen LogP) is 2.17. The Kier molecular flexibility index (Phi) is 5.08. The summed E-state index contributed by atoms with van der Waals surface area (Å²) < 4.78 is 5.23. The quantitative estimate of drug-likeness (QED) is 0.834. The number of amides is 1. The van der Waals surface area contributed by atoms with Crippen LogP contribution in [0.3, 0.4) is 0 Å². The third-order valence-electron chi connectivity index (χ3n) is 4.77. The minimum absolute atomic E-state index is 0.221. The van der Waals surface area contributed by atoms with Crippen LogP contribution in [-0.4, -0.2) is 52.0 Å². The van der Waals surface area contributed by atoms with Gasteiger partial charge in [0.15, 0.2) is 5.82 Å². The highest BCUT2D eigenvalue weighted by Gasteiger charge is 2.30. The van der Waals surface area contributed by atoms with E-state index in [0.29, 0.717) is 18.2 Å². The molecule has 1 aromatic heterocycles.